The highest BCUT2D eigenvalue weighted by Gasteiger charge is 2.36. The highest BCUT2D eigenvalue weighted by molar-refractivity contribution is 5.84. The van der Waals surface area contributed by atoms with Gasteiger partial charge in [0.15, 0.2) is 0 Å². The quantitative estimate of drug-likeness (QED) is 0.730. The molecule has 2 atom stereocenters. The Morgan fingerprint density at radius 1 is 1.40 bits per heavy atom. The number of amides is 2. The lowest BCUT2D eigenvalue weighted by atomic mass is 10.0. The van der Waals surface area contributed by atoms with Crippen LogP contribution in [0.25, 0.3) is 0 Å². The van der Waals surface area contributed by atoms with Gasteiger partial charge in [0.2, 0.25) is 0 Å². The van der Waals surface area contributed by atoms with Gasteiger partial charge in [0.25, 0.3) is 0 Å². The summed E-state index contributed by atoms with van der Waals surface area (Å²) in [5.41, 5.74) is 0. The van der Waals surface area contributed by atoms with E-state index in [2.05, 4.69) is 10.1 Å². The van der Waals surface area contributed by atoms with E-state index in [1.807, 2.05) is 13.8 Å². The van der Waals surface area contributed by atoms with Crippen LogP contribution in [0.1, 0.15) is 33.1 Å². The van der Waals surface area contributed by atoms with Crippen LogP contribution < -0.4 is 5.32 Å². The van der Waals surface area contributed by atoms with Gasteiger partial charge >= 0.3 is 18.0 Å². The predicted octanol–water partition coefficient (Wildman–Crippen LogP) is 0.833. The summed E-state index contributed by atoms with van der Waals surface area (Å²) in [6, 6.07) is -1.44. The Kier molecular flexibility index (Phi) is 5.79. The zero-order valence-electron chi connectivity index (χ0n) is 12.1. The van der Waals surface area contributed by atoms with Crippen molar-refractivity contribution in [1.29, 1.82) is 0 Å². The number of nitrogens with zero attached hydrogens (tertiary/aromatic N) is 1. The van der Waals surface area contributed by atoms with E-state index in [0.717, 1.165) is 6.42 Å². The number of carboxylic acids is 1. The standard InChI is InChI=1S/C13H22N2O5/c1-8(2)9(7-11(16)17)14-13(19)15-6-4-5-10(15)12(18)20-3/h8-10H,4-7H2,1-3H3,(H,14,19)(H,16,17). The molecule has 0 spiro atoms. The molecule has 0 saturated carbocycles. The van der Waals surface area contributed by atoms with E-state index in [0.29, 0.717) is 13.0 Å². The van der Waals surface area contributed by atoms with Gasteiger partial charge in [0.05, 0.1) is 13.5 Å². The Morgan fingerprint density at radius 3 is 2.55 bits per heavy atom. The van der Waals surface area contributed by atoms with E-state index in [4.69, 9.17) is 5.11 Å². The number of methoxy groups -OCH3 is 1. The second kappa shape index (κ2) is 7.12. The van der Waals surface area contributed by atoms with Crippen molar-refractivity contribution in [2.45, 2.75) is 45.2 Å². The van der Waals surface area contributed by atoms with Crippen molar-refractivity contribution in [1.82, 2.24) is 10.2 Å². The van der Waals surface area contributed by atoms with E-state index in [1.165, 1.54) is 12.0 Å². The van der Waals surface area contributed by atoms with Crippen LogP contribution in [0.4, 0.5) is 4.79 Å². The molecular formula is C13H22N2O5. The molecule has 1 saturated heterocycles. The first-order chi connectivity index (χ1) is 9.36. The first kappa shape index (κ1) is 16.3. The molecule has 1 aliphatic rings. The molecule has 2 amide bonds. The fourth-order valence-electron chi connectivity index (χ4n) is 2.27. The van der Waals surface area contributed by atoms with Gasteiger partial charge in [0, 0.05) is 12.6 Å². The lowest BCUT2D eigenvalue weighted by Gasteiger charge is -2.27. The molecular weight excluding hydrogens is 264 g/mol. The molecule has 0 aromatic rings. The van der Waals surface area contributed by atoms with Gasteiger partial charge < -0.3 is 20.1 Å². The molecule has 1 aliphatic heterocycles. The van der Waals surface area contributed by atoms with Gasteiger partial charge in [-0.2, -0.15) is 0 Å². The van der Waals surface area contributed by atoms with E-state index in [9.17, 15) is 14.4 Å². The number of hydrogen-bond acceptors (Lipinski definition) is 4. The van der Waals surface area contributed by atoms with Crippen LogP contribution in [0, 0.1) is 5.92 Å². The second-order valence-electron chi connectivity index (χ2n) is 5.27. The fraction of sp³-hybridized carbons (Fsp3) is 0.769. The summed E-state index contributed by atoms with van der Waals surface area (Å²) in [6.45, 7) is 4.16. The lowest BCUT2D eigenvalue weighted by Crippen LogP contribution is -2.51. The summed E-state index contributed by atoms with van der Waals surface area (Å²) in [5, 5.41) is 11.5. The number of nitrogens with one attached hydrogen (secondary N) is 1. The summed E-state index contributed by atoms with van der Waals surface area (Å²) in [5.74, 6) is -1.40. The lowest BCUT2D eigenvalue weighted by molar-refractivity contribution is -0.145. The highest BCUT2D eigenvalue weighted by Crippen LogP contribution is 2.19. The minimum absolute atomic E-state index is 0.00534. The van der Waals surface area contributed by atoms with Crippen molar-refractivity contribution in [3.63, 3.8) is 0 Å². The minimum Gasteiger partial charge on any atom is -0.481 e. The van der Waals surface area contributed by atoms with Crippen molar-refractivity contribution < 1.29 is 24.2 Å². The molecule has 1 heterocycles. The molecule has 114 valence electrons. The summed E-state index contributed by atoms with van der Waals surface area (Å²) < 4.78 is 4.68. The van der Waals surface area contributed by atoms with Gasteiger partial charge in [0.1, 0.15) is 6.04 Å². The molecule has 0 aromatic heterocycles. The topological polar surface area (TPSA) is 95.9 Å². The van der Waals surface area contributed by atoms with Crippen molar-refractivity contribution >= 4 is 18.0 Å². The monoisotopic (exact) mass is 286 g/mol. The van der Waals surface area contributed by atoms with Crippen molar-refractivity contribution in [2.75, 3.05) is 13.7 Å². The molecule has 0 bridgehead atoms. The van der Waals surface area contributed by atoms with Crippen LogP contribution in [0.5, 0.6) is 0 Å². The summed E-state index contributed by atoms with van der Waals surface area (Å²) in [6.07, 6.45) is 1.17. The Morgan fingerprint density at radius 2 is 2.05 bits per heavy atom. The SMILES string of the molecule is COC(=O)C1CCCN1C(=O)NC(CC(=O)O)C(C)C. The molecule has 0 radical (unpaired) electrons. The van der Waals surface area contributed by atoms with Gasteiger partial charge in [-0.3, -0.25) is 4.79 Å². The predicted molar refractivity (Wildman–Crippen MR) is 71.2 cm³/mol. The smallest absolute Gasteiger partial charge is 0.328 e. The molecule has 1 rings (SSSR count). The Hall–Kier alpha value is -1.79. The van der Waals surface area contributed by atoms with Crippen molar-refractivity contribution in [3.05, 3.63) is 0 Å². The average Bonchev–Trinajstić information content (AvgIpc) is 2.85. The number of urea groups is 1. The zero-order chi connectivity index (χ0) is 15.3. The molecule has 7 heteroatoms. The number of carboxylic acid groups (broad SMARTS) is 1. The first-order valence-electron chi connectivity index (χ1n) is 6.73. The summed E-state index contributed by atoms with van der Waals surface area (Å²) >= 11 is 0. The molecule has 7 nitrogen and oxygen atoms in total. The number of aliphatic carboxylic acids is 1. The number of ether oxygens (including phenoxy) is 1. The third-order valence-electron chi connectivity index (χ3n) is 3.50. The molecule has 2 N–H and O–H groups in total. The van der Waals surface area contributed by atoms with Crippen LogP contribution in [-0.2, 0) is 14.3 Å². The average molecular weight is 286 g/mol. The maximum Gasteiger partial charge on any atom is 0.328 e. The number of carbonyl (C=O) groups excluding carboxylic acids is 2. The fourth-order valence-corrected chi connectivity index (χ4v) is 2.27. The van der Waals surface area contributed by atoms with E-state index in [1.54, 1.807) is 0 Å². The number of likely N-dealkylation sites (tertiary alicyclic amines) is 1. The molecule has 1 fully saturated rings. The van der Waals surface area contributed by atoms with Crippen molar-refractivity contribution in [2.24, 2.45) is 5.92 Å². The number of carbonyl (C=O) groups is 3. The number of rotatable bonds is 5. The summed E-state index contributed by atoms with van der Waals surface area (Å²) in [7, 11) is 1.29. The zero-order valence-corrected chi connectivity index (χ0v) is 12.1. The molecule has 20 heavy (non-hydrogen) atoms. The Balaban J connectivity index is 2.68. The first-order valence-corrected chi connectivity index (χ1v) is 6.73. The van der Waals surface area contributed by atoms with Gasteiger partial charge in [-0.05, 0) is 18.8 Å². The van der Waals surface area contributed by atoms with Gasteiger partial charge in [-0.25, -0.2) is 9.59 Å². The summed E-state index contributed by atoms with van der Waals surface area (Å²) in [4.78, 5) is 36.0. The van der Waals surface area contributed by atoms with Crippen LogP contribution >= 0.6 is 0 Å². The van der Waals surface area contributed by atoms with Crippen molar-refractivity contribution in [3.8, 4) is 0 Å². The van der Waals surface area contributed by atoms with Crippen LogP contribution in [-0.4, -0.2) is 53.7 Å². The molecule has 0 aromatic carbocycles. The third kappa shape index (κ3) is 4.11. The number of esters is 1. The largest absolute Gasteiger partial charge is 0.481 e. The van der Waals surface area contributed by atoms with Crippen LogP contribution in [0.15, 0.2) is 0 Å². The second-order valence-corrected chi connectivity index (χ2v) is 5.27. The van der Waals surface area contributed by atoms with Crippen LogP contribution in [0.3, 0.4) is 0 Å². The normalized spacial score (nSPS) is 19.8. The van der Waals surface area contributed by atoms with E-state index >= 15 is 0 Å². The number of hydrogen-bond donors (Lipinski definition) is 2. The molecule has 2 unspecified atom stereocenters. The minimum atomic E-state index is -0.963. The van der Waals surface area contributed by atoms with E-state index < -0.39 is 30.1 Å². The van der Waals surface area contributed by atoms with Crippen LogP contribution in [0.2, 0.25) is 0 Å². The maximum absolute atomic E-state index is 12.2. The third-order valence-corrected chi connectivity index (χ3v) is 3.50. The molecule has 0 aliphatic carbocycles. The van der Waals surface area contributed by atoms with Gasteiger partial charge in [-0.1, -0.05) is 13.8 Å². The Labute approximate surface area is 118 Å². The Bertz CT molecular complexity index is 383. The maximum atomic E-state index is 12.2. The van der Waals surface area contributed by atoms with Gasteiger partial charge in [-0.15, -0.1) is 0 Å². The highest BCUT2D eigenvalue weighted by atomic mass is 16.5. The van der Waals surface area contributed by atoms with E-state index in [-0.39, 0.29) is 12.3 Å².